The van der Waals surface area contributed by atoms with Crippen LogP contribution in [0.25, 0.3) is 0 Å². The highest BCUT2D eigenvalue weighted by Gasteiger charge is 2.16. The van der Waals surface area contributed by atoms with Gasteiger partial charge in [0.05, 0.1) is 0 Å². The van der Waals surface area contributed by atoms with Crippen LogP contribution >= 0.6 is 11.6 Å². The van der Waals surface area contributed by atoms with E-state index in [-0.39, 0.29) is 17.2 Å². The molecule has 0 aliphatic carbocycles. The van der Waals surface area contributed by atoms with Crippen LogP contribution in [0.5, 0.6) is 0 Å². The van der Waals surface area contributed by atoms with Crippen LogP contribution < -0.4 is 5.32 Å². The van der Waals surface area contributed by atoms with Gasteiger partial charge < -0.3 is 5.32 Å². The molecule has 1 heterocycles. The van der Waals surface area contributed by atoms with Gasteiger partial charge in [0, 0.05) is 17.2 Å². The zero-order valence-electron chi connectivity index (χ0n) is 8.52. The fraction of sp³-hybridized carbons (Fsp3) is 0.556. The number of alkyl halides is 1. The first kappa shape index (κ1) is 11.0. The molecule has 1 aromatic heterocycles. The molecule has 78 valence electrons. The fourth-order valence-corrected chi connectivity index (χ4v) is 1.01. The van der Waals surface area contributed by atoms with Gasteiger partial charge >= 0.3 is 0 Å². The molecule has 5 heteroatoms. The van der Waals surface area contributed by atoms with Crippen molar-refractivity contribution in [2.24, 2.45) is 0 Å². The van der Waals surface area contributed by atoms with Crippen LogP contribution in [0.3, 0.4) is 0 Å². The van der Waals surface area contributed by atoms with Crippen molar-refractivity contribution in [1.29, 1.82) is 0 Å². The normalized spacial score (nSPS) is 11.4. The molecule has 0 unspecified atom stereocenters. The number of amides is 1. The molecule has 0 radical (unpaired) electrons. The van der Waals surface area contributed by atoms with Gasteiger partial charge in [-0.15, -0.1) is 11.6 Å². The third-order valence-electron chi connectivity index (χ3n) is 1.77. The van der Waals surface area contributed by atoms with Crippen molar-refractivity contribution < 1.29 is 4.79 Å². The van der Waals surface area contributed by atoms with Crippen molar-refractivity contribution in [2.75, 3.05) is 11.2 Å². The van der Waals surface area contributed by atoms with Crippen molar-refractivity contribution in [3.05, 3.63) is 11.8 Å². The van der Waals surface area contributed by atoms with Crippen LogP contribution in [-0.2, 0) is 10.2 Å². The third kappa shape index (κ3) is 2.73. The van der Waals surface area contributed by atoms with E-state index in [4.69, 9.17) is 11.6 Å². The van der Waals surface area contributed by atoms with Crippen LogP contribution in [0.2, 0.25) is 0 Å². The van der Waals surface area contributed by atoms with Gasteiger partial charge in [-0.25, -0.2) is 0 Å². The lowest BCUT2D eigenvalue weighted by atomic mass is 9.92. The van der Waals surface area contributed by atoms with Crippen LogP contribution in [0.4, 0.5) is 5.82 Å². The molecule has 0 aliphatic rings. The van der Waals surface area contributed by atoms with E-state index in [1.165, 1.54) is 0 Å². The standard InChI is InChI=1S/C9H14ClN3O/c1-9(2,3)6-4-7(13-12-6)11-8(14)5-10/h4H,5H2,1-3H3,(H2,11,12,13,14). The van der Waals surface area contributed by atoms with Gasteiger partial charge in [0.25, 0.3) is 0 Å². The largest absolute Gasteiger partial charge is 0.308 e. The summed E-state index contributed by atoms with van der Waals surface area (Å²) in [6.07, 6.45) is 0. The Morgan fingerprint density at radius 3 is 2.71 bits per heavy atom. The molecule has 0 aromatic carbocycles. The number of hydrogen-bond donors (Lipinski definition) is 2. The van der Waals surface area contributed by atoms with Crippen molar-refractivity contribution in [3.8, 4) is 0 Å². The van der Waals surface area contributed by atoms with E-state index in [0.29, 0.717) is 5.82 Å². The molecule has 4 nitrogen and oxygen atoms in total. The molecule has 1 amide bonds. The average molecular weight is 216 g/mol. The number of nitrogens with zero attached hydrogens (tertiary/aromatic N) is 1. The van der Waals surface area contributed by atoms with Crippen molar-refractivity contribution >= 4 is 23.3 Å². The maximum absolute atomic E-state index is 10.9. The van der Waals surface area contributed by atoms with Crippen LogP contribution in [0.1, 0.15) is 26.5 Å². The molecular formula is C9H14ClN3O. The Labute approximate surface area is 88.0 Å². The van der Waals surface area contributed by atoms with Crippen LogP contribution in [0, 0.1) is 0 Å². The van der Waals surface area contributed by atoms with E-state index in [1.54, 1.807) is 0 Å². The van der Waals surface area contributed by atoms with Gasteiger partial charge in [-0.05, 0) is 0 Å². The Bertz CT molecular complexity index is 327. The molecule has 0 spiro atoms. The van der Waals surface area contributed by atoms with Crippen molar-refractivity contribution in [2.45, 2.75) is 26.2 Å². The molecule has 0 saturated carbocycles. The molecule has 0 atom stereocenters. The number of carbonyl (C=O) groups is 1. The van der Waals surface area contributed by atoms with Crippen LogP contribution in [0.15, 0.2) is 6.07 Å². The Morgan fingerprint density at radius 1 is 1.64 bits per heavy atom. The smallest absolute Gasteiger partial charge is 0.240 e. The molecular weight excluding hydrogens is 202 g/mol. The summed E-state index contributed by atoms with van der Waals surface area (Å²) in [5.41, 5.74) is 0.971. The zero-order valence-corrected chi connectivity index (χ0v) is 9.27. The van der Waals surface area contributed by atoms with Crippen molar-refractivity contribution in [1.82, 2.24) is 10.2 Å². The molecule has 1 aromatic rings. The lowest BCUT2D eigenvalue weighted by Gasteiger charge is -2.14. The molecule has 0 bridgehead atoms. The summed E-state index contributed by atoms with van der Waals surface area (Å²) in [5.74, 6) is 0.205. The summed E-state index contributed by atoms with van der Waals surface area (Å²) in [6, 6.07) is 1.81. The summed E-state index contributed by atoms with van der Waals surface area (Å²) in [6.45, 7) is 6.19. The predicted octanol–water partition coefficient (Wildman–Crippen LogP) is 1.88. The van der Waals surface area contributed by atoms with E-state index in [2.05, 4.69) is 36.3 Å². The lowest BCUT2D eigenvalue weighted by molar-refractivity contribution is -0.113. The summed E-state index contributed by atoms with van der Waals surface area (Å²) in [5, 5.41) is 9.39. The van der Waals surface area contributed by atoms with Crippen molar-refractivity contribution in [3.63, 3.8) is 0 Å². The van der Waals surface area contributed by atoms with E-state index in [9.17, 15) is 4.79 Å². The fourth-order valence-electron chi connectivity index (χ4n) is 0.946. The number of halogens is 1. The van der Waals surface area contributed by atoms with Gasteiger partial charge in [-0.2, -0.15) is 5.10 Å². The van der Waals surface area contributed by atoms with Crippen LogP contribution in [-0.4, -0.2) is 22.0 Å². The Kier molecular flexibility index (Phi) is 3.16. The number of hydrogen-bond acceptors (Lipinski definition) is 2. The minimum Gasteiger partial charge on any atom is -0.308 e. The molecule has 0 fully saturated rings. The monoisotopic (exact) mass is 215 g/mol. The zero-order chi connectivity index (χ0) is 10.8. The summed E-state index contributed by atoms with van der Waals surface area (Å²) >= 11 is 5.35. The Balaban J connectivity index is 2.74. The van der Waals surface area contributed by atoms with E-state index < -0.39 is 0 Å². The Morgan fingerprint density at radius 2 is 2.29 bits per heavy atom. The lowest BCUT2D eigenvalue weighted by Crippen LogP contribution is -2.13. The highest BCUT2D eigenvalue weighted by Crippen LogP contribution is 2.21. The minimum atomic E-state index is -0.251. The van der Waals surface area contributed by atoms with Gasteiger partial charge in [0.2, 0.25) is 5.91 Å². The maximum Gasteiger partial charge on any atom is 0.240 e. The first-order chi connectivity index (χ1) is 6.43. The van der Waals surface area contributed by atoms with E-state index in [1.807, 2.05) is 6.07 Å². The number of aromatic amines is 1. The number of carbonyl (C=O) groups excluding carboxylic acids is 1. The minimum absolute atomic E-state index is 0.00303. The SMILES string of the molecule is CC(C)(C)c1cc(NC(=O)CCl)n[nH]1. The summed E-state index contributed by atoms with van der Waals surface area (Å²) in [7, 11) is 0. The van der Waals surface area contributed by atoms with Gasteiger partial charge in [0.15, 0.2) is 5.82 Å². The van der Waals surface area contributed by atoms with E-state index in [0.717, 1.165) is 5.69 Å². The number of rotatable bonds is 2. The topological polar surface area (TPSA) is 57.8 Å². The quantitative estimate of drug-likeness (QED) is 0.741. The molecule has 1 rings (SSSR count). The predicted molar refractivity (Wildman–Crippen MR) is 56.6 cm³/mol. The number of anilines is 1. The highest BCUT2D eigenvalue weighted by molar-refractivity contribution is 6.28. The first-order valence-corrected chi connectivity index (χ1v) is 4.88. The second-order valence-corrected chi connectivity index (χ2v) is 4.37. The first-order valence-electron chi connectivity index (χ1n) is 4.35. The van der Waals surface area contributed by atoms with E-state index >= 15 is 0 Å². The highest BCUT2D eigenvalue weighted by atomic mass is 35.5. The summed E-state index contributed by atoms with van der Waals surface area (Å²) in [4.78, 5) is 10.9. The summed E-state index contributed by atoms with van der Waals surface area (Å²) < 4.78 is 0. The molecule has 0 saturated heterocycles. The second kappa shape index (κ2) is 4.00. The van der Waals surface area contributed by atoms with Gasteiger partial charge in [-0.3, -0.25) is 9.89 Å². The number of nitrogens with one attached hydrogen (secondary N) is 2. The Hall–Kier alpha value is -1.03. The average Bonchev–Trinajstić information content (AvgIpc) is 2.51. The molecule has 2 N–H and O–H groups in total. The second-order valence-electron chi connectivity index (χ2n) is 4.10. The van der Waals surface area contributed by atoms with Gasteiger partial charge in [-0.1, -0.05) is 20.8 Å². The number of H-pyrrole nitrogens is 1. The third-order valence-corrected chi connectivity index (χ3v) is 2.02. The molecule has 14 heavy (non-hydrogen) atoms. The number of aromatic nitrogens is 2. The maximum atomic E-state index is 10.9. The van der Waals surface area contributed by atoms with Gasteiger partial charge in [0.1, 0.15) is 5.88 Å². The molecule has 0 aliphatic heterocycles.